The molecule has 7 nitrogen and oxygen atoms in total. The lowest BCUT2D eigenvalue weighted by atomic mass is 10.0. The molecule has 0 saturated carbocycles. The van der Waals surface area contributed by atoms with E-state index < -0.39 is 5.60 Å². The van der Waals surface area contributed by atoms with Gasteiger partial charge in [0.1, 0.15) is 11.4 Å². The van der Waals surface area contributed by atoms with Gasteiger partial charge in [0.15, 0.2) is 0 Å². The van der Waals surface area contributed by atoms with Crippen LogP contribution in [0.15, 0.2) is 18.2 Å². The molecule has 0 radical (unpaired) electrons. The average Bonchev–Trinajstić information content (AvgIpc) is 2.65. The number of hydrogen-bond acceptors (Lipinski definition) is 4. The Bertz CT molecular complexity index is 836. The van der Waals surface area contributed by atoms with Gasteiger partial charge >= 0.3 is 6.09 Å². The number of anilines is 1. The second-order valence-electron chi connectivity index (χ2n) is 8.93. The largest absolute Gasteiger partial charge is 0.444 e. The third-order valence-electron chi connectivity index (χ3n) is 5.40. The van der Waals surface area contributed by atoms with Crippen LogP contribution in [0.3, 0.4) is 0 Å². The first-order chi connectivity index (χ1) is 14.0. The Morgan fingerprint density at radius 3 is 2.60 bits per heavy atom. The van der Waals surface area contributed by atoms with Crippen LogP contribution in [0, 0.1) is 5.82 Å². The number of piperazine rings is 1. The van der Waals surface area contributed by atoms with Crippen LogP contribution in [0.1, 0.15) is 46.1 Å². The number of carbonyl (C=O) groups is 3. The molecule has 2 heterocycles. The molecule has 1 fully saturated rings. The van der Waals surface area contributed by atoms with E-state index in [0.29, 0.717) is 38.2 Å². The first-order valence-electron chi connectivity index (χ1n) is 10.4. The number of fused-ring (bicyclic) bond motifs is 1. The Labute approximate surface area is 176 Å². The van der Waals surface area contributed by atoms with Gasteiger partial charge in [-0.2, -0.15) is 0 Å². The minimum Gasteiger partial charge on any atom is -0.444 e. The number of carbonyl (C=O) groups excluding carboxylic acids is 3. The number of nitrogens with zero attached hydrogens (tertiary/aromatic N) is 3. The van der Waals surface area contributed by atoms with Crippen LogP contribution in [0.2, 0.25) is 0 Å². The number of hydrogen-bond donors (Lipinski definition) is 0. The van der Waals surface area contributed by atoms with Crippen molar-refractivity contribution >= 4 is 23.6 Å². The van der Waals surface area contributed by atoms with Gasteiger partial charge in [-0.15, -0.1) is 0 Å². The van der Waals surface area contributed by atoms with Gasteiger partial charge in [-0.1, -0.05) is 0 Å². The van der Waals surface area contributed by atoms with Crippen molar-refractivity contribution in [3.05, 3.63) is 29.6 Å². The number of aryl methyl sites for hydroxylation is 1. The molecule has 0 bridgehead atoms. The molecule has 0 spiro atoms. The summed E-state index contributed by atoms with van der Waals surface area (Å²) in [5.74, 6) is -0.436. The minimum atomic E-state index is -0.566. The summed E-state index contributed by atoms with van der Waals surface area (Å²) in [6.45, 7) is 8.88. The van der Waals surface area contributed by atoms with Crippen LogP contribution in [-0.2, 0) is 20.7 Å². The predicted molar refractivity (Wildman–Crippen MR) is 111 cm³/mol. The molecule has 0 unspecified atom stereocenters. The topological polar surface area (TPSA) is 70.2 Å². The monoisotopic (exact) mass is 419 g/mol. The normalized spacial score (nSPS) is 19.6. The van der Waals surface area contributed by atoms with Gasteiger partial charge in [-0.3, -0.25) is 9.59 Å². The van der Waals surface area contributed by atoms with Gasteiger partial charge < -0.3 is 19.4 Å². The fourth-order valence-electron chi connectivity index (χ4n) is 3.92. The lowest BCUT2D eigenvalue weighted by molar-refractivity contribution is -0.133. The maximum Gasteiger partial charge on any atom is 0.410 e. The molecule has 1 saturated heterocycles. The Hall–Kier alpha value is -2.64. The van der Waals surface area contributed by atoms with Gasteiger partial charge in [-0.25, -0.2) is 9.18 Å². The summed E-state index contributed by atoms with van der Waals surface area (Å²) in [6, 6.07) is 4.24. The maximum atomic E-state index is 13.5. The lowest BCUT2D eigenvalue weighted by Gasteiger charge is -2.40. The summed E-state index contributed by atoms with van der Waals surface area (Å²) in [6.07, 6.45) is 0.642. The van der Waals surface area contributed by atoms with Crippen molar-refractivity contribution in [2.75, 3.05) is 31.1 Å². The highest BCUT2D eigenvalue weighted by molar-refractivity contribution is 5.97. The SMILES string of the molecule is C[C@@H]1CN(C(=O)CCN2C(=O)CCc3cc(F)ccc32)CCN1C(=O)OC(C)(C)C. The summed E-state index contributed by atoms with van der Waals surface area (Å²) in [5.41, 5.74) is 0.912. The smallest absolute Gasteiger partial charge is 0.410 e. The van der Waals surface area contributed by atoms with E-state index in [1.54, 1.807) is 20.8 Å². The van der Waals surface area contributed by atoms with Gasteiger partial charge in [-0.05, 0) is 57.9 Å². The highest BCUT2D eigenvalue weighted by Gasteiger charge is 2.33. The first kappa shape index (κ1) is 22.1. The average molecular weight is 419 g/mol. The highest BCUT2D eigenvalue weighted by atomic mass is 19.1. The first-order valence-corrected chi connectivity index (χ1v) is 10.4. The van der Waals surface area contributed by atoms with Gasteiger partial charge in [0.05, 0.1) is 0 Å². The Balaban J connectivity index is 1.57. The molecule has 3 rings (SSSR count). The zero-order chi connectivity index (χ0) is 22.1. The number of halogens is 1. The zero-order valence-corrected chi connectivity index (χ0v) is 18.1. The quantitative estimate of drug-likeness (QED) is 0.755. The summed E-state index contributed by atoms with van der Waals surface area (Å²) in [7, 11) is 0. The lowest BCUT2D eigenvalue weighted by Crippen LogP contribution is -2.56. The minimum absolute atomic E-state index is 0.0509. The van der Waals surface area contributed by atoms with Crippen LogP contribution in [0.5, 0.6) is 0 Å². The van der Waals surface area contributed by atoms with Crippen molar-refractivity contribution in [2.45, 2.75) is 58.6 Å². The molecule has 8 heteroatoms. The van der Waals surface area contributed by atoms with E-state index in [4.69, 9.17) is 4.74 Å². The van der Waals surface area contributed by atoms with Crippen LogP contribution < -0.4 is 4.90 Å². The van der Waals surface area contributed by atoms with Crippen LogP contribution in [0.4, 0.5) is 14.9 Å². The summed E-state index contributed by atoms with van der Waals surface area (Å²) < 4.78 is 18.9. The molecule has 3 amide bonds. The molecular formula is C22H30FN3O4. The van der Waals surface area contributed by atoms with Crippen molar-refractivity contribution in [2.24, 2.45) is 0 Å². The molecular weight excluding hydrogens is 389 g/mol. The van der Waals surface area contributed by atoms with E-state index >= 15 is 0 Å². The van der Waals surface area contributed by atoms with Gasteiger partial charge in [0.2, 0.25) is 11.8 Å². The summed E-state index contributed by atoms with van der Waals surface area (Å²) >= 11 is 0. The maximum absolute atomic E-state index is 13.5. The van der Waals surface area contributed by atoms with Crippen molar-refractivity contribution in [3.63, 3.8) is 0 Å². The van der Waals surface area contributed by atoms with Crippen LogP contribution >= 0.6 is 0 Å². The number of ether oxygens (including phenoxy) is 1. The van der Waals surface area contributed by atoms with E-state index in [2.05, 4.69) is 0 Å². The van der Waals surface area contributed by atoms with E-state index in [1.807, 2.05) is 27.7 Å². The van der Waals surface area contributed by atoms with Crippen LogP contribution in [0.25, 0.3) is 0 Å². The number of rotatable bonds is 3. The molecule has 0 aromatic heterocycles. The zero-order valence-electron chi connectivity index (χ0n) is 18.1. The molecule has 1 aromatic carbocycles. The van der Waals surface area contributed by atoms with Gasteiger partial charge in [0.25, 0.3) is 0 Å². The standard InChI is InChI=1S/C22H30FN3O4/c1-15-14-24(11-12-25(15)21(29)30-22(2,3)4)19(27)9-10-26-18-7-6-17(23)13-16(18)5-8-20(26)28/h6-7,13,15H,5,8-12,14H2,1-4H3/t15-/m1/s1. The van der Waals surface area contributed by atoms with E-state index in [-0.39, 0.29) is 42.7 Å². The molecule has 1 aromatic rings. The predicted octanol–water partition coefficient (Wildman–Crippen LogP) is 2.96. The molecule has 1 atom stereocenters. The number of amides is 3. The van der Waals surface area contributed by atoms with Crippen molar-refractivity contribution in [1.82, 2.24) is 9.80 Å². The van der Waals surface area contributed by atoms with E-state index in [1.165, 1.54) is 12.1 Å². The fraction of sp³-hybridized carbons (Fsp3) is 0.591. The molecule has 0 N–H and O–H groups in total. The van der Waals surface area contributed by atoms with Crippen molar-refractivity contribution in [3.8, 4) is 0 Å². The molecule has 30 heavy (non-hydrogen) atoms. The third kappa shape index (κ3) is 5.09. The summed E-state index contributed by atoms with van der Waals surface area (Å²) in [5, 5.41) is 0. The van der Waals surface area contributed by atoms with E-state index in [0.717, 1.165) is 5.56 Å². The molecule has 0 aliphatic carbocycles. The molecule has 2 aliphatic heterocycles. The Morgan fingerprint density at radius 2 is 1.93 bits per heavy atom. The molecule has 2 aliphatic rings. The highest BCUT2D eigenvalue weighted by Crippen LogP contribution is 2.28. The number of benzene rings is 1. The van der Waals surface area contributed by atoms with Gasteiger partial charge in [0, 0.05) is 50.7 Å². The fourth-order valence-corrected chi connectivity index (χ4v) is 3.92. The summed E-state index contributed by atoms with van der Waals surface area (Å²) in [4.78, 5) is 42.4. The van der Waals surface area contributed by atoms with Crippen molar-refractivity contribution in [1.29, 1.82) is 0 Å². The second-order valence-corrected chi connectivity index (χ2v) is 8.93. The molecule has 164 valence electrons. The third-order valence-corrected chi connectivity index (χ3v) is 5.40. The Kier molecular flexibility index (Phi) is 6.33. The van der Waals surface area contributed by atoms with E-state index in [9.17, 15) is 18.8 Å². The van der Waals surface area contributed by atoms with Crippen LogP contribution in [-0.4, -0.2) is 65.5 Å². The second kappa shape index (κ2) is 8.62. The Morgan fingerprint density at radius 1 is 1.20 bits per heavy atom. The van der Waals surface area contributed by atoms with Crippen molar-refractivity contribution < 1.29 is 23.5 Å².